The van der Waals surface area contributed by atoms with Crippen molar-refractivity contribution in [3.05, 3.63) is 47.6 Å². The van der Waals surface area contributed by atoms with E-state index in [-0.39, 0.29) is 23.9 Å². The Balaban J connectivity index is 1.57. The van der Waals surface area contributed by atoms with Crippen molar-refractivity contribution < 1.29 is 9.32 Å². The lowest BCUT2D eigenvalue weighted by Gasteiger charge is -2.26. The Kier molecular flexibility index (Phi) is 5.25. The molecule has 2 aromatic rings. The Morgan fingerprint density at radius 3 is 2.92 bits per heavy atom. The summed E-state index contributed by atoms with van der Waals surface area (Å²) in [6.45, 7) is 1.86. The van der Waals surface area contributed by atoms with E-state index in [1.165, 1.54) is 0 Å². The number of nitrogens with two attached hydrogens (primary N) is 1. The van der Waals surface area contributed by atoms with Crippen LogP contribution in [-0.4, -0.2) is 22.1 Å². The number of hydrogen-bond donors (Lipinski definition) is 2. The number of hydrogen-bond acceptors (Lipinski definition) is 5. The van der Waals surface area contributed by atoms with Crippen molar-refractivity contribution in [2.75, 3.05) is 0 Å². The summed E-state index contributed by atoms with van der Waals surface area (Å²) in [7, 11) is 0. The largest absolute Gasteiger partial charge is 0.344 e. The SMILES string of the molecule is CC(NC(=O)C1CCCC(N)C1)c1nc(Cc2ccccc2)no1. The summed E-state index contributed by atoms with van der Waals surface area (Å²) in [5.41, 5.74) is 7.08. The van der Waals surface area contributed by atoms with Crippen LogP contribution in [0.25, 0.3) is 0 Å². The van der Waals surface area contributed by atoms with E-state index in [0.717, 1.165) is 31.2 Å². The second kappa shape index (κ2) is 7.57. The quantitative estimate of drug-likeness (QED) is 0.878. The fourth-order valence-corrected chi connectivity index (χ4v) is 3.15. The maximum atomic E-state index is 12.4. The van der Waals surface area contributed by atoms with E-state index in [9.17, 15) is 4.79 Å². The van der Waals surface area contributed by atoms with E-state index < -0.39 is 0 Å². The van der Waals surface area contributed by atoms with Crippen molar-refractivity contribution in [3.63, 3.8) is 0 Å². The van der Waals surface area contributed by atoms with Crippen LogP contribution in [0.15, 0.2) is 34.9 Å². The van der Waals surface area contributed by atoms with Crippen LogP contribution in [0, 0.1) is 5.92 Å². The number of carbonyl (C=O) groups excluding carboxylic acids is 1. The third-order valence-electron chi connectivity index (χ3n) is 4.50. The molecule has 3 unspecified atom stereocenters. The molecule has 3 N–H and O–H groups in total. The molecule has 0 radical (unpaired) electrons. The van der Waals surface area contributed by atoms with Gasteiger partial charge in [0.1, 0.15) is 6.04 Å². The fourth-order valence-electron chi connectivity index (χ4n) is 3.15. The molecule has 1 fully saturated rings. The number of rotatable bonds is 5. The first-order chi connectivity index (χ1) is 11.6. The standard InChI is InChI=1S/C18H24N4O2/c1-12(20-17(23)14-8-5-9-15(19)11-14)18-21-16(22-24-18)10-13-6-3-2-4-7-13/h2-4,6-7,12,14-15H,5,8-11,19H2,1H3,(H,20,23). The first kappa shape index (κ1) is 16.6. The summed E-state index contributed by atoms with van der Waals surface area (Å²) in [5, 5.41) is 6.98. The Hall–Kier alpha value is -2.21. The third-order valence-corrected chi connectivity index (χ3v) is 4.50. The van der Waals surface area contributed by atoms with Crippen molar-refractivity contribution in [3.8, 4) is 0 Å². The highest BCUT2D eigenvalue weighted by Crippen LogP contribution is 2.24. The highest BCUT2D eigenvalue weighted by molar-refractivity contribution is 5.79. The van der Waals surface area contributed by atoms with E-state index in [4.69, 9.17) is 10.3 Å². The Morgan fingerprint density at radius 2 is 2.17 bits per heavy atom. The minimum absolute atomic E-state index is 0.0112. The van der Waals surface area contributed by atoms with Gasteiger partial charge < -0.3 is 15.6 Å². The van der Waals surface area contributed by atoms with Crippen LogP contribution in [0.3, 0.4) is 0 Å². The van der Waals surface area contributed by atoms with Gasteiger partial charge in [-0.15, -0.1) is 0 Å². The van der Waals surface area contributed by atoms with Gasteiger partial charge in [-0.25, -0.2) is 0 Å². The van der Waals surface area contributed by atoms with Crippen LogP contribution in [0.5, 0.6) is 0 Å². The molecule has 6 nitrogen and oxygen atoms in total. The smallest absolute Gasteiger partial charge is 0.248 e. The van der Waals surface area contributed by atoms with Crippen LogP contribution in [0.2, 0.25) is 0 Å². The van der Waals surface area contributed by atoms with Crippen LogP contribution in [0.1, 0.15) is 55.9 Å². The number of amides is 1. The third kappa shape index (κ3) is 4.20. The average molecular weight is 328 g/mol. The van der Waals surface area contributed by atoms with Gasteiger partial charge in [-0.05, 0) is 31.7 Å². The summed E-state index contributed by atoms with van der Waals surface area (Å²) in [4.78, 5) is 16.8. The molecule has 3 rings (SSSR count). The lowest BCUT2D eigenvalue weighted by atomic mass is 9.85. The molecule has 24 heavy (non-hydrogen) atoms. The Bertz CT molecular complexity index is 671. The zero-order valence-corrected chi connectivity index (χ0v) is 13.9. The van der Waals surface area contributed by atoms with Gasteiger partial charge >= 0.3 is 0 Å². The van der Waals surface area contributed by atoms with Crippen LogP contribution < -0.4 is 11.1 Å². The predicted octanol–water partition coefficient (Wildman–Crippen LogP) is 2.36. The van der Waals surface area contributed by atoms with Crippen molar-refractivity contribution in [1.29, 1.82) is 0 Å². The maximum absolute atomic E-state index is 12.4. The average Bonchev–Trinajstić information content (AvgIpc) is 3.04. The molecule has 0 aliphatic heterocycles. The normalized spacial score (nSPS) is 22.1. The first-order valence-electron chi connectivity index (χ1n) is 8.54. The molecule has 0 spiro atoms. The number of benzene rings is 1. The molecule has 6 heteroatoms. The van der Waals surface area contributed by atoms with Gasteiger partial charge in [-0.1, -0.05) is 41.9 Å². The zero-order chi connectivity index (χ0) is 16.9. The minimum atomic E-state index is -0.298. The van der Waals surface area contributed by atoms with Crippen molar-refractivity contribution >= 4 is 5.91 Å². The van der Waals surface area contributed by atoms with E-state index in [2.05, 4.69) is 15.5 Å². The Morgan fingerprint density at radius 1 is 1.38 bits per heavy atom. The number of nitrogens with one attached hydrogen (secondary N) is 1. The maximum Gasteiger partial charge on any atom is 0.248 e. The van der Waals surface area contributed by atoms with E-state index in [0.29, 0.717) is 18.1 Å². The molecule has 1 amide bonds. The van der Waals surface area contributed by atoms with E-state index in [1.54, 1.807) is 0 Å². The molecular weight excluding hydrogens is 304 g/mol. The molecule has 0 saturated heterocycles. The predicted molar refractivity (Wildman–Crippen MR) is 90.0 cm³/mol. The lowest BCUT2D eigenvalue weighted by molar-refractivity contribution is -0.126. The molecule has 1 saturated carbocycles. The molecule has 1 aromatic heterocycles. The number of carbonyl (C=O) groups is 1. The molecule has 3 atom stereocenters. The summed E-state index contributed by atoms with van der Waals surface area (Å²) < 4.78 is 5.31. The van der Waals surface area contributed by atoms with Gasteiger partial charge in [0.05, 0.1) is 0 Å². The summed E-state index contributed by atoms with van der Waals surface area (Å²) in [6.07, 6.45) is 4.28. The van der Waals surface area contributed by atoms with Crippen molar-refractivity contribution in [1.82, 2.24) is 15.5 Å². The summed E-state index contributed by atoms with van der Waals surface area (Å²) >= 11 is 0. The molecule has 1 aromatic carbocycles. The molecule has 1 heterocycles. The zero-order valence-electron chi connectivity index (χ0n) is 13.9. The highest BCUT2D eigenvalue weighted by Gasteiger charge is 2.27. The van der Waals surface area contributed by atoms with Gasteiger partial charge in [-0.3, -0.25) is 4.79 Å². The molecule has 128 valence electrons. The number of nitrogens with zero attached hydrogens (tertiary/aromatic N) is 2. The van der Waals surface area contributed by atoms with Gasteiger partial charge in [0.15, 0.2) is 5.82 Å². The second-order valence-electron chi connectivity index (χ2n) is 6.57. The second-order valence-corrected chi connectivity index (χ2v) is 6.57. The van der Waals surface area contributed by atoms with Gasteiger partial charge in [0.25, 0.3) is 0 Å². The molecule has 1 aliphatic rings. The monoisotopic (exact) mass is 328 g/mol. The molecule has 1 aliphatic carbocycles. The van der Waals surface area contributed by atoms with Crippen molar-refractivity contribution in [2.24, 2.45) is 11.7 Å². The molecule has 0 bridgehead atoms. The lowest BCUT2D eigenvalue weighted by Crippen LogP contribution is -2.38. The highest BCUT2D eigenvalue weighted by atomic mass is 16.5. The summed E-state index contributed by atoms with van der Waals surface area (Å²) in [6, 6.07) is 9.81. The summed E-state index contributed by atoms with van der Waals surface area (Å²) in [5.74, 6) is 1.08. The fraction of sp³-hybridized carbons (Fsp3) is 0.500. The van der Waals surface area contributed by atoms with E-state index in [1.807, 2.05) is 37.3 Å². The van der Waals surface area contributed by atoms with Crippen LogP contribution in [-0.2, 0) is 11.2 Å². The van der Waals surface area contributed by atoms with Crippen molar-refractivity contribution in [2.45, 2.75) is 51.1 Å². The van der Waals surface area contributed by atoms with Crippen LogP contribution >= 0.6 is 0 Å². The van der Waals surface area contributed by atoms with E-state index >= 15 is 0 Å². The topological polar surface area (TPSA) is 94.0 Å². The number of aromatic nitrogens is 2. The van der Waals surface area contributed by atoms with Gasteiger partial charge in [-0.2, -0.15) is 4.98 Å². The minimum Gasteiger partial charge on any atom is -0.344 e. The Labute approximate surface area is 141 Å². The first-order valence-corrected chi connectivity index (χ1v) is 8.54. The van der Waals surface area contributed by atoms with Gasteiger partial charge in [0, 0.05) is 18.4 Å². The van der Waals surface area contributed by atoms with Gasteiger partial charge in [0.2, 0.25) is 11.8 Å². The van der Waals surface area contributed by atoms with Crippen LogP contribution in [0.4, 0.5) is 0 Å². The molecular formula is C18H24N4O2.